The third-order valence-corrected chi connectivity index (χ3v) is 6.44. The predicted octanol–water partition coefficient (Wildman–Crippen LogP) is 4.16. The minimum atomic E-state index is -0.789. The average Bonchev–Trinajstić information content (AvgIpc) is 3.03. The van der Waals surface area contributed by atoms with Gasteiger partial charge in [0, 0.05) is 17.9 Å². The Balaban J connectivity index is 1.78. The van der Waals surface area contributed by atoms with Gasteiger partial charge in [-0.3, -0.25) is 0 Å². The number of hydrogen-bond donors (Lipinski definition) is 1. The molecule has 1 aromatic rings. The second-order valence-corrected chi connectivity index (χ2v) is 9.67. The molecule has 1 aliphatic carbocycles. The standard InChI is InChI=1S/C19H26BrN3O2/c1-17(2,3)12-7-8-18(10-12)11-19(22-16(21)23(4)25-19)14-9-13(20)5-6-15(14)24-18/h5-6,9,12H,7-8,10-11H2,1-4H3,(H2,21,22). The molecule has 136 valence electrons. The molecule has 25 heavy (non-hydrogen) atoms. The molecule has 2 aliphatic heterocycles. The number of nitrogens with zero attached hydrogens (tertiary/aromatic N) is 2. The van der Waals surface area contributed by atoms with Gasteiger partial charge in [-0.15, -0.1) is 0 Å². The first-order valence-corrected chi connectivity index (χ1v) is 9.69. The van der Waals surface area contributed by atoms with Crippen LogP contribution in [-0.2, 0) is 10.6 Å². The second-order valence-electron chi connectivity index (χ2n) is 8.75. The molecule has 5 nitrogen and oxygen atoms in total. The first-order chi connectivity index (χ1) is 11.6. The number of benzene rings is 1. The van der Waals surface area contributed by atoms with Gasteiger partial charge in [-0.05, 0) is 48.8 Å². The van der Waals surface area contributed by atoms with Gasteiger partial charge in [0.15, 0.2) is 0 Å². The van der Waals surface area contributed by atoms with Crippen LogP contribution in [0, 0.1) is 11.3 Å². The van der Waals surface area contributed by atoms with E-state index < -0.39 is 5.72 Å². The Kier molecular flexibility index (Phi) is 3.68. The third-order valence-electron chi connectivity index (χ3n) is 5.95. The molecule has 0 radical (unpaired) electrons. The first-order valence-electron chi connectivity index (χ1n) is 8.90. The Labute approximate surface area is 157 Å². The van der Waals surface area contributed by atoms with Crippen LogP contribution >= 0.6 is 15.9 Å². The zero-order valence-corrected chi connectivity index (χ0v) is 16.9. The van der Waals surface area contributed by atoms with Crippen molar-refractivity contribution in [3.63, 3.8) is 0 Å². The molecule has 1 saturated carbocycles. The Bertz CT molecular complexity index is 745. The lowest BCUT2D eigenvalue weighted by atomic mass is 9.77. The number of halogens is 1. The van der Waals surface area contributed by atoms with E-state index in [0.717, 1.165) is 28.6 Å². The molecule has 0 aromatic heterocycles. The van der Waals surface area contributed by atoms with E-state index in [9.17, 15) is 0 Å². The number of hydroxylamine groups is 2. The SMILES string of the molecule is CN1OC2(CC3(CCC(C(C)(C)C)C3)Oc3ccc(Br)cc32)N=C1N. The van der Waals surface area contributed by atoms with E-state index in [1.54, 1.807) is 12.1 Å². The Hall–Kier alpha value is -1.27. The molecule has 1 fully saturated rings. The minimum Gasteiger partial charge on any atom is -0.487 e. The van der Waals surface area contributed by atoms with Gasteiger partial charge in [-0.25, -0.2) is 14.9 Å². The van der Waals surface area contributed by atoms with E-state index in [0.29, 0.717) is 18.3 Å². The molecule has 2 N–H and O–H groups in total. The molecule has 4 rings (SSSR count). The summed E-state index contributed by atoms with van der Waals surface area (Å²) < 4.78 is 7.57. The maximum atomic E-state index is 6.59. The van der Waals surface area contributed by atoms with Crippen molar-refractivity contribution in [1.29, 1.82) is 0 Å². The largest absolute Gasteiger partial charge is 0.487 e. The van der Waals surface area contributed by atoms with Crippen molar-refractivity contribution in [2.75, 3.05) is 7.05 Å². The summed E-state index contributed by atoms with van der Waals surface area (Å²) in [6.07, 6.45) is 3.91. The molecule has 0 saturated heterocycles. The van der Waals surface area contributed by atoms with E-state index in [1.165, 1.54) is 6.42 Å². The zero-order valence-electron chi connectivity index (χ0n) is 15.3. The molecule has 2 heterocycles. The Morgan fingerprint density at radius 3 is 2.72 bits per heavy atom. The van der Waals surface area contributed by atoms with Crippen LogP contribution in [0.1, 0.15) is 52.0 Å². The van der Waals surface area contributed by atoms with E-state index in [4.69, 9.17) is 20.3 Å². The first kappa shape index (κ1) is 17.2. The topological polar surface area (TPSA) is 60.1 Å². The highest BCUT2D eigenvalue weighted by molar-refractivity contribution is 9.10. The number of guanidine groups is 1. The van der Waals surface area contributed by atoms with Gasteiger partial charge < -0.3 is 10.5 Å². The van der Waals surface area contributed by atoms with Crippen molar-refractivity contribution >= 4 is 21.9 Å². The zero-order chi connectivity index (χ0) is 18.0. The van der Waals surface area contributed by atoms with Crippen LogP contribution < -0.4 is 10.5 Å². The van der Waals surface area contributed by atoms with E-state index in [1.807, 2.05) is 18.2 Å². The lowest BCUT2D eigenvalue weighted by Crippen LogP contribution is -2.47. The number of ether oxygens (including phenoxy) is 1. The van der Waals surface area contributed by atoms with Crippen LogP contribution in [0.3, 0.4) is 0 Å². The van der Waals surface area contributed by atoms with Gasteiger partial charge in [0.05, 0.1) is 5.56 Å². The fourth-order valence-electron chi connectivity index (χ4n) is 4.51. The fourth-order valence-corrected chi connectivity index (χ4v) is 4.87. The van der Waals surface area contributed by atoms with Crippen LogP contribution in [0.2, 0.25) is 0 Å². The predicted molar refractivity (Wildman–Crippen MR) is 101 cm³/mol. The summed E-state index contributed by atoms with van der Waals surface area (Å²) >= 11 is 3.56. The number of hydrogen-bond acceptors (Lipinski definition) is 5. The van der Waals surface area contributed by atoms with E-state index in [-0.39, 0.29) is 11.0 Å². The number of rotatable bonds is 0. The van der Waals surface area contributed by atoms with E-state index >= 15 is 0 Å². The highest BCUT2D eigenvalue weighted by Gasteiger charge is 2.57. The van der Waals surface area contributed by atoms with Gasteiger partial charge in [0.25, 0.3) is 0 Å². The molecule has 3 aliphatic rings. The van der Waals surface area contributed by atoms with Crippen LogP contribution in [0.25, 0.3) is 0 Å². The van der Waals surface area contributed by atoms with Crippen LogP contribution in [-0.4, -0.2) is 23.7 Å². The summed E-state index contributed by atoms with van der Waals surface area (Å²) in [7, 11) is 1.81. The van der Waals surface area contributed by atoms with Gasteiger partial charge >= 0.3 is 0 Å². The maximum absolute atomic E-state index is 6.59. The highest BCUT2D eigenvalue weighted by Crippen LogP contribution is 2.57. The van der Waals surface area contributed by atoms with Crippen molar-refractivity contribution in [3.8, 4) is 5.75 Å². The van der Waals surface area contributed by atoms with Gasteiger partial charge in [-0.2, -0.15) is 0 Å². The molecule has 0 bridgehead atoms. The molecular weight excluding hydrogens is 382 g/mol. The highest BCUT2D eigenvalue weighted by atomic mass is 79.9. The quantitative estimate of drug-likeness (QED) is 0.700. The Morgan fingerprint density at radius 1 is 1.36 bits per heavy atom. The maximum Gasteiger partial charge on any atom is 0.222 e. The van der Waals surface area contributed by atoms with Gasteiger partial charge in [-0.1, -0.05) is 36.7 Å². The van der Waals surface area contributed by atoms with Crippen molar-refractivity contribution in [2.45, 2.75) is 57.8 Å². The van der Waals surface area contributed by atoms with E-state index in [2.05, 4.69) is 36.7 Å². The van der Waals surface area contributed by atoms with Crippen molar-refractivity contribution in [3.05, 3.63) is 28.2 Å². The summed E-state index contributed by atoms with van der Waals surface area (Å²) in [5.74, 6) is 1.89. The molecule has 3 atom stereocenters. The molecule has 6 heteroatoms. The number of fused-ring (bicyclic) bond motifs is 2. The third kappa shape index (κ3) is 2.74. The smallest absolute Gasteiger partial charge is 0.222 e. The molecule has 2 spiro atoms. The van der Waals surface area contributed by atoms with Gasteiger partial charge in [0.2, 0.25) is 11.7 Å². The lowest BCUT2D eigenvalue weighted by Gasteiger charge is -2.44. The van der Waals surface area contributed by atoms with Crippen LogP contribution in [0.15, 0.2) is 27.7 Å². The summed E-state index contributed by atoms with van der Waals surface area (Å²) in [5, 5.41) is 1.57. The normalized spacial score (nSPS) is 34.4. The van der Waals surface area contributed by atoms with Crippen molar-refractivity contribution < 1.29 is 9.57 Å². The second kappa shape index (κ2) is 5.36. The summed E-state index contributed by atoms with van der Waals surface area (Å²) in [6.45, 7) is 6.95. The summed E-state index contributed by atoms with van der Waals surface area (Å²) in [6, 6.07) is 6.06. The average molecular weight is 408 g/mol. The monoisotopic (exact) mass is 407 g/mol. The fraction of sp³-hybridized carbons (Fsp3) is 0.632. The number of nitrogens with two attached hydrogens (primary N) is 1. The molecule has 3 unspecified atom stereocenters. The van der Waals surface area contributed by atoms with Crippen molar-refractivity contribution in [1.82, 2.24) is 5.06 Å². The summed E-state index contributed by atoms with van der Waals surface area (Å²) in [4.78, 5) is 10.9. The van der Waals surface area contributed by atoms with Crippen molar-refractivity contribution in [2.24, 2.45) is 22.1 Å². The Morgan fingerprint density at radius 2 is 2.12 bits per heavy atom. The van der Waals surface area contributed by atoms with Crippen LogP contribution in [0.5, 0.6) is 5.75 Å². The molecule has 1 aromatic carbocycles. The summed E-state index contributed by atoms with van der Waals surface area (Å²) in [5.41, 5.74) is 6.25. The van der Waals surface area contributed by atoms with Crippen LogP contribution in [0.4, 0.5) is 0 Å². The minimum absolute atomic E-state index is 0.242. The lowest BCUT2D eigenvalue weighted by molar-refractivity contribution is -0.204. The van der Waals surface area contributed by atoms with Gasteiger partial charge in [0.1, 0.15) is 11.4 Å². The molecular formula is C19H26BrN3O2. The molecule has 0 amide bonds. The number of aliphatic imine (C=N–C) groups is 1.